The van der Waals surface area contributed by atoms with Crippen molar-refractivity contribution in [1.82, 2.24) is 5.32 Å². The van der Waals surface area contributed by atoms with Crippen LogP contribution in [0.5, 0.6) is 23.0 Å². The Kier molecular flexibility index (Phi) is 5.65. The maximum absolute atomic E-state index is 12.5. The summed E-state index contributed by atoms with van der Waals surface area (Å²) in [5.41, 5.74) is 0.213. The van der Waals surface area contributed by atoms with Gasteiger partial charge in [0.1, 0.15) is 0 Å². The average molecular weight is 401 g/mol. The van der Waals surface area contributed by atoms with Crippen molar-refractivity contribution in [2.45, 2.75) is 12.1 Å². The molecule has 1 amide bonds. The molecule has 0 aromatic heterocycles. The fraction of sp³-hybridized carbons (Fsp3) is 0.333. The van der Waals surface area contributed by atoms with Crippen LogP contribution in [0.25, 0.3) is 0 Å². The Morgan fingerprint density at radius 3 is 1.97 bits per heavy atom. The van der Waals surface area contributed by atoms with Gasteiger partial charge in [-0.3, -0.25) is 9.59 Å². The number of hydrogen-bond acceptors (Lipinski definition) is 7. The zero-order valence-electron chi connectivity index (χ0n) is 17.0. The van der Waals surface area contributed by atoms with Crippen LogP contribution in [0.3, 0.4) is 0 Å². The highest BCUT2D eigenvalue weighted by molar-refractivity contribution is 6.44. The van der Waals surface area contributed by atoms with E-state index >= 15 is 0 Å². The summed E-state index contributed by atoms with van der Waals surface area (Å²) in [6.07, 6.45) is 0.241. The molecule has 2 aromatic rings. The van der Waals surface area contributed by atoms with E-state index in [0.717, 1.165) is 5.56 Å². The van der Waals surface area contributed by atoms with E-state index in [1.807, 2.05) is 6.07 Å². The average Bonchev–Trinajstić information content (AvgIpc) is 2.76. The van der Waals surface area contributed by atoms with E-state index in [-0.39, 0.29) is 12.0 Å². The van der Waals surface area contributed by atoms with Crippen LogP contribution in [0.1, 0.15) is 21.5 Å². The van der Waals surface area contributed by atoms with Gasteiger partial charge in [-0.05, 0) is 29.8 Å². The molecule has 0 saturated heterocycles. The molecule has 0 spiro atoms. The van der Waals surface area contributed by atoms with Crippen molar-refractivity contribution < 1.29 is 33.3 Å². The van der Waals surface area contributed by atoms with Crippen LogP contribution in [0.4, 0.5) is 0 Å². The smallest absolute Gasteiger partial charge is 0.294 e. The lowest BCUT2D eigenvalue weighted by Crippen LogP contribution is -2.55. The minimum absolute atomic E-state index is 0.203. The number of amides is 1. The van der Waals surface area contributed by atoms with Crippen molar-refractivity contribution >= 4 is 11.7 Å². The molecule has 154 valence electrons. The summed E-state index contributed by atoms with van der Waals surface area (Å²) in [5, 5.41) is 2.71. The van der Waals surface area contributed by atoms with E-state index in [9.17, 15) is 9.59 Å². The van der Waals surface area contributed by atoms with E-state index in [4.69, 9.17) is 23.7 Å². The summed E-state index contributed by atoms with van der Waals surface area (Å²) in [6.45, 7) is 0. The van der Waals surface area contributed by atoms with Crippen LogP contribution in [0.2, 0.25) is 0 Å². The molecule has 2 aromatic carbocycles. The number of nitrogens with one attached hydrogen (secondary N) is 1. The molecule has 0 saturated carbocycles. The van der Waals surface area contributed by atoms with Crippen LogP contribution >= 0.6 is 0 Å². The van der Waals surface area contributed by atoms with E-state index < -0.39 is 17.4 Å². The summed E-state index contributed by atoms with van der Waals surface area (Å²) >= 11 is 0. The monoisotopic (exact) mass is 401 g/mol. The number of rotatable bonds is 7. The van der Waals surface area contributed by atoms with Gasteiger partial charge in [-0.15, -0.1) is 0 Å². The van der Waals surface area contributed by atoms with Crippen molar-refractivity contribution in [1.29, 1.82) is 0 Å². The SMILES string of the molecule is COc1ccc(CC2(OC)NC(=O)C(=O)c3cc(OC)c(OC)cc32)cc1OC. The number of fused-ring (bicyclic) bond motifs is 1. The molecule has 1 atom stereocenters. The summed E-state index contributed by atoms with van der Waals surface area (Å²) in [4.78, 5) is 25.0. The molecule has 0 aliphatic carbocycles. The second-order valence-electron chi connectivity index (χ2n) is 6.43. The summed E-state index contributed by atoms with van der Waals surface area (Å²) in [5.74, 6) is 0.474. The summed E-state index contributed by atoms with van der Waals surface area (Å²) in [6, 6.07) is 8.55. The van der Waals surface area contributed by atoms with Gasteiger partial charge in [0.05, 0.1) is 28.4 Å². The molecule has 29 heavy (non-hydrogen) atoms. The maximum Gasteiger partial charge on any atom is 0.294 e. The molecule has 1 aliphatic heterocycles. The van der Waals surface area contributed by atoms with Gasteiger partial charge in [-0.1, -0.05) is 6.07 Å². The van der Waals surface area contributed by atoms with Gasteiger partial charge < -0.3 is 29.0 Å². The molecular weight excluding hydrogens is 378 g/mol. The van der Waals surface area contributed by atoms with Crippen LogP contribution in [-0.4, -0.2) is 47.2 Å². The number of ether oxygens (including phenoxy) is 5. The Balaban J connectivity index is 2.15. The third-order valence-electron chi connectivity index (χ3n) is 4.97. The van der Waals surface area contributed by atoms with Gasteiger partial charge >= 0.3 is 0 Å². The van der Waals surface area contributed by atoms with Gasteiger partial charge in [-0.2, -0.15) is 0 Å². The number of benzene rings is 2. The highest BCUT2D eigenvalue weighted by atomic mass is 16.5. The topological polar surface area (TPSA) is 92.3 Å². The van der Waals surface area contributed by atoms with E-state index in [1.165, 1.54) is 27.4 Å². The van der Waals surface area contributed by atoms with E-state index in [0.29, 0.717) is 28.6 Å². The fourth-order valence-corrected chi connectivity index (χ4v) is 3.48. The first kappa shape index (κ1) is 20.5. The molecule has 1 aliphatic rings. The Labute approximate surface area is 168 Å². The molecule has 1 N–H and O–H groups in total. The summed E-state index contributed by atoms with van der Waals surface area (Å²) in [7, 11) is 7.52. The van der Waals surface area contributed by atoms with Crippen LogP contribution < -0.4 is 24.3 Å². The zero-order valence-corrected chi connectivity index (χ0v) is 17.0. The van der Waals surface area contributed by atoms with Gasteiger partial charge in [0.2, 0.25) is 0 Å². The zero-order chi connectivity index (χ0) is 21.2. The van der Waals surface area contributed by atoms with Gasteiger partial charge in [0.15, 0.2) is 28.7 Å². The van der Waals surface area contributed by atoms with Crippen molar-refractivity contribution in [3.8, 4) is 23.0 Å². The third-order valence-corrected chi connectivity index (χ3v) is 4.97. The Hall–Kier alpha value is -3.26. The number of Topliss-reactive ketones (excluding diaryl/α,β-unsaturated/α-hetero) is 1. The highest BCUT2D eigenvalue weighted by Gasteiger charge is 2.45. The van der Waals surface area contributed by atoms with Crippen LogP contribution in [0.15, 0.2) is 30.3 Å². The van der Waals surface area contributed by atoms with Crippen LogP contribution in [-0.2, 0) is 21.7 Å². The highest BCUT2D eigenvalue weighted by Crippen LogP contribution is 2.40. The fourth-order valence-electron chi connectivity index (χ4n) is 3.48. The van der Waals surface area contributed by atoms with Crippen molar-refractivity contribution in [3.05, 3.63) is 47.0 Å². The number of carbonyl (C=O) groups is 2. The largest absolute Gasteiger partial charge is 0.493 e. The lowest BCUT2D eigenvalue weighted by Gasteiger charge is -2.38. The summed E-state index contributed by atoms with van der Waals surface area (Å²) < 4.78 is 27.1. The Morgan fingerprint density at radius 1 is 0.793 bits per heavy atom. The first-order chi connectivity index (χ1) is 13.9. The number of ketones is 1. The lowest BCUT2D eigenvalue weighted by atomic mass is 9.85. The second kappa shape index (κ2) is 8.00. The first-order valence-corrected chi connectivity index (χ1v) is 8.82. The Morgan fingerprint density at radius 2 is 1.38 bits per heavy atom. The molecule has 8 heteroatoms. The predicted molar refractivity (Wildman–Crippen MR) is 104 cm³/mol. The molecule has 3 rings (SSSR count). The molecule has 0 bridgehead atoms. The molecular formula is C21H23NO7. The van der Waals surface area contributed by atoms with Crippen molar-refractivity contribution in [2.24, 2.45) is 0 Å². The first-order valence-electron chi connectivity index (χ1n) is 8.82. The van der Waals surface area contributed by atoms with Gasteiger partial charge in [0, 0.05) is 24.7 Å². The lowest BCUT2D eigenvalue weighted by molar-refractivity contribution is -0.129. The van der Waals surface area contributed by atoms with Crippen molar-refractivity contribution in [2.75, 3.05) is 35.5 Å². The number of hydrogen-bond donors (Lipinski definition) is 1. The molecule has 0 fully saturated rings. The number of carbonyl (C=O) groups excluding carboxylic acids is 2. The van der Waals surface area contributed by atoms with Gasteiger partial charge in [-0.25, -0.2) is 0 Å². The second-order valence-corrected chi connectivity index (χ2v) is 6.43. The maximum atomic E-state index is 12.5. The van der Waals surface area contributed by atoms with E-state index in [1.54, 1.807) is 32.4 Å². The minimum atomic E-state index is -1.28. The molecule has 0 radical (unpaired) electrons. The number of methoxy groups -OCH3 is 5. The molecule has 1 heterocycles. The molecule has 1 unspecified atom stereocenters. The van der Waals surface area contributed by atoms with Gasteiger partial charge in [0.25, 0.3) is 11.7 Å². The Bertz CT molecular complexity index is 956. The minimum Gasteiger partial charge on any atom is -0.493 e. The predicted octanol–water partition coefficient (Wildman–Crippen LogP) is 2.08. The standard InChI is InChI=1S/C21H23NO7/c1-25-15-7-6-12(8-16(15)26-2)11-21(29-5)14-10-18(28-4)17(27-3)9-13(14)19(23)20(24)22-21/h6-10H,11H2,1-5H3,(H,22,24). The van der Waals surface area contributed by atoms with Crippen LogP contribution in [0, 0.1) is 0 Å². The van der Waals surface area contributed by atoms with E-state index in [2.05, 4.69) is 5.32 Å². The molecule has 8 nitrogen and oxygen atoms in total. The quantitative estimate of drug-likeness (QED) is 0.710. The van der Waals surface area contributed by atoms with Crippen molar-refractivity contribution in [3.63, 3.8) is 0 Å². The normalized spacial score (nSPS) is 18.0. The third kappa shape index (κ3) is 3.47.